The highest BCUT2D eigenvalue weighted by Gasteiger charge is 2.29. The predicted octanol–water partition coefficient (Wildman–Crippen LogP) is 17.1. The van der Waals surface area contributed by atoms with Gasteiger partial charge in [-0.05, 0) is 66.2 Å². The SMILES string of the molecule is CCCCCCCCOC(=O)C(C)SP(OCCCCCCOP(SC(C)C(=O)OCCCCCCCC)SC(C)C(=O)OCCCCCCCC)SC(C)C(=O)OCCCCCCCC. The van der Waals surface area contributed by atoms with Crippen LogP contribution in [0, 0.1) is 0 Å². The quantitative estimate of drug-likeness (QED) is 0.0248. The second-order valence-corrected chi connectivity index (χ2v) is 30.2. The number of rotatable bonds is 49. The molecule has 0 aromatic heterocycles. The van der Waals surface area contributed by atoms with E-state index in [2.05, 4.69) is 27.7 Å². The molecule has 0 saturated carbocycles. The first-order valence-corrected chi connectivity index (χ1v) is 34.7. The van der Waals surface area contributed by atoms with E-state index < -0.39 is 34.1 Å². The number of carbonyl (C=O) groups excluding carboxylic acids is 4. The van der Waals surface area contributed by atoms with Gasteiger partial charge in [-0.3, -0.25) is 19.2 Å². The van der Waals surface area contributed by atoms with Crippen molar-refractivity contribution in [3.63, 3.8) is 0 Å². The summed E-state index contributed by atoms with van der Waals surface area (Å²) in [7, 11) is 0. The largest absolute Gasteiger partial charge is 0.465 e. The van der Waals surface area contributed by atoms with Crippen LogP contribution in [0.1, 0.15) is 235 Å². The fourth-order valence-corrected chi connectivity index (χ4v) is 20.5. The van der Waals surface area contributed by atoms with Gasteiger partial charge in [0.25, 0.3) is 0 Å². The molecule has 390 valence electrons. The minimum Gasteiger partial charge on any atom is -0.465 e. The van der Waals surface area contributed by atoms with Gasteiger partial charge in [-0.1, -0.05) is 214 Å². The summed E-state index contributed by atoms with van der Waals surface area (Å²) in [5, 5.41) is -1.64. The number of unbranched alkanes of at least 4 members (excludes halogenated alkanes) is 23. The van der Waals surface area contributed by atoms with Crippen LogP contribution in [0.2, 0.25) is 0 Å². The third kappa shape index (κ3) is 40.8. The van der Waals surface area contributed by atoms with Gasteiger partial charge < -0.3 is 28.0 Å². The van der Waals surface area contributed by atoms with Crippen LogP contribution >= 0.6 is 58.6 Å². The molecular formula is C50H96O10P2S4. The van der Waals surface area contributed by atoms with E-state index in [4.69, 9.17) is 28.0 Å². The smallest absolute Gasteiger partial charge is 0.319 e. The molecule has 16 heteroatoms. The maximum atomic E-state index is 12.9. The van der Waals surface area contributed by atoms with E-state index in [1.165, 1.54) is 123 Å². The van der Waals surface area contributed by atoms with Gasteiger partial charge in [0.2, 0.25) is 0 Å². The first-order chi connectivity index (χ1) is 32.0. The van der Waals surface area contributed by atoms with Crippen molar-refractivity contribution < 1.29 is 47.2 Å². The lowest BCUT2D eigenvalue weighted by molar-refractivity contribution is -0.143. The molecule has 4 unspecified atom stereocenters. The Labute approximate surface area is 423 Å². The van der Waals surface area contributed by atoms with Crippen molar-refractivity contribution in [2.75, 3.05) is 39.6 Å². The van der Waals surface area contributed by atoms with Crippen molar-refractivity contribution in [2.45, 2.75) is 256 Å². The van der Waals surface area contributed by atoms with Gasteiger partial charge in [0.15, 0.2) is 13.1 Å². The van der Waals surface area contributed by atoms with E-state index in [0.29, 0.717) is 39.6 Å². The molecule has 0 aromatic rings. The average molecular weight is 1050 g/mol. The topological polar surface area (TPSA) is 124 Å². The lowest BCUT2D eigenvalue weighted by Crippen LogP contribution is -2.19. The third-order valence-electron chi connectivity index (χ3n) is 10.7. The number of ether oxygens (including phenoxy) is 4. The van der Waals surface area contributed by atoms with Crippen LogP contribution in [0.15, 0.2) is 0 Å². The molecule has 0 radical (unpaired) electrons. The van der Waals surface area contributed by atoms with Gasteiger partial charge >= 0.3 is 23.9 Å². The number of hydrogen-bond acceptors (Lipinski definition) is 14. The van der Waals surface area contributed by atoms with Crippen LogP contribution in [0.3, 0.4) is 0 Å². The van der Waals surface area contributed by atoms with E-state index >= 15 is 0 Å². The number of esters is 4. The molecule has 0 saturated heterocycles. The Morgan fingerprint density at radius 1 is 0.303 bits per heavy atom. The summed E-state index contributed by atoms with van der Waals surface area (Å²) in [5.74, 6) is -0.949. The summed E-state index contributed by atoms with van der Waals surface area (Å²) in [6.07, 6.45) is 30.6. The van der Waals surface area contributed by atoms with Crippen molar-refractivity contribution in [3.05, 3.63) is 0 Å². The molecule has 0 fully saturated rings. The van der Waals surface area contributed by atoms with Gasteiger partial charge in [0.05, 0.1) is 39.6 Å². The lowest BCUT2D eigenvalue weighted by atomic mass is 10.1. The second-order valence-electron chi connectivity index (χ2n) is 17.3. The molecule has 0 heterocycles. The van der Waals surface area contributed by atoms with Crippen molar-refractivity contribution >= 4 is 82.5 Å². The van der Waals surface area contributed by atoms with Gasteiger partial charge in [-0.15, -0.1) is 0 Å². The van der Waals surface area contributed by atoms with Crippen molar-refractivity contribution in [3.8, 4) is 0 Å². The van der Waals surface area contributed by atoms with Crippen LogP contribution in [0.25, 0.3) is 0 Å². The Bertz CT molecular complexity index is 1000. The highest BCUT2D eigenvalue weighted by Crippen LogP contribution is 2.66. The maximum Gasteiger partial charge on any atom is 0.319 e. The van der Waals surface area contributed by atoms with Crippen LogP contribution in [0.4, 0.5) is 0 Å². The highest BCUT2D eigenvalue weighted by molar-refractivity contribution is 8.87. The Kier molecular flexibility index (Phi) is 48.7. The molecule has 0 N–H and O–H groups in total. The van der Waals surface area contributed by atoms with E-state index in [1.54, 1.807) is 0 Å². The van der Waals surface area contributed by atoms with E-state index in [1.807, 2.05) is 27.7 Å². The molecule has 0 aliphatic carbocycles. The summed E-state index contributed by atoms with van der Waals surface area (Å²) in [6.45, 7) is 16.6. The van der Waals surface area contributed by atoms with Crippen molar-refractivity contribution in [1.82, 2.24) is 0 Å². The second kappa shape index (κ2) is 48.7. The molecular weight excluding hydrogens is 951 g/mol. The van der Waals surface area contributed by atoms with E-state index in [9.17, 15) is 19.2 Å². The Morgan fingerprint density at radius 3 is 0.697 bits per heavy atom. The van der Waals surface area contributed by atoms with Gasteiger partial charge in [-0.2, -0.15) is 0 Å². The normalized spacial score (nSPS) is 14.2. The monoisotopic (exact) mass is 1050 g/mol. The lowest BCUT2D eigenvalue weighted by Gasteiger charge is -2.22. The minimum atomic E-state index is -1.22. The summed E-state index contributed by atoms with van der Waals surface area (Å²) in [4.78, 5) is 51.8. The van der Waals surface area contributed by atoms with Gasteiger partial charge in [0.1, 0.15) is 21.0 Å². The minimum absolute atomic E-state index is 0.237. The number of carbonyl (C=O) groups is 4. The van der Waals surface area contributed by atoms with Crippen LogP contribution < -0.4 is 0 Å². The van der Waals surface area contributed by atoms with E-state index in [0.717, 1.165) is 103 Å². The van der Waals surface area contributed by atoms with Crippen LogP contribution in [-0.4, -0.2) is 84.5 Å². The zero-order chi connectivity index (χ0) is 48.9. The van der Waals surface area contributed by atoms with Crippen molar-refractivity contribution in [2.24, 2.45) is 0 Å². The zero-order valence-electron chi connectivity index (χ0n) is 43.0. The molecule has 66 heavy (non-hydrogen) atoms. The molecule has 0 amide bonds. The summed E-state index contributed by atoms with van der Waals surface area (Å²) in [5.41, 5.74) is 0. The summed E-state index contributed by atoms with van der Waals surface area (Å²) in [6, 6.07) is 0. The summed E-state index contributed by atoms with van der Waals surface area (Å²) >= 11 is 5.81. The molecule has 0 aliphatic rings. The van der Waals surface area contributed by atoms with Crippen LogP contribution in [0.5, 0.6) is 0 Å². The predicted molar refractivity (Wildman–Crippen MR) is 290 cm³/mol. The first kappa shape index (κ1) is 66.1. The first-order valence-electron chi connectivity index (χ1n) is 26.2. The molecule has 4 atom stereocenters. The maximum absolute atomic E-state index is 12.9. The molecule has 0 aromatic carbocycles. The Hall–Kier alpha value is 0.0600. The molecule has 0 bridgehead atoms. The highest BCUT2D eigenvalue weighted by atomic mass is 33.1. The van der Waals surface area contributed by atoms with Gasteiger partial charge in [-0.25, -0.2) is 0 Å². The summed E-state index contributed by atoms with van der Waals surface area (Å²) < 4.78 is 35.3. The molecule has 0 rings (SSSR count). The molecule has 0 aliphatic heterocycles. The Morgan fingerprint density at radius 2 is 0.485 bits per heavy atom. The fourth-order valence-electron chi connectivity index (χ4n) is 6.39. The fraction of sp³-hybridized carbons (Fsp3) is 0.920. The van der Waals surface area contributed by atoms with E-state index in [-0.39, 0.29) is 23.9 Å². The Balaban J connectivity index is 5.16. The van der Waals surface area contributed by atoms with Gasteiger partial charge in [0, 0.05) is 0 Å². The average Bonchev–Trinajstić information content (AvgIpc) is 3.30. The molecule has 10 nitrogen and oxygen atoms in total. The molecule has 0 spiro atoms. The zero-order valence-corrected chi connectivity index (χ0v) is 48.0. The standard InChI is InChI=1S/C50H96O10P2S4/c1-9-13-17-21-25-31-37-55-47(51)43(5)63-61(64-44(6)48(52)56-38-32-26-22-18-14-10-2)59-41-35-29-30-36-42-60-62(65-45(7)49(53)57-39-33-27-23-19-15-11-3)66-46(8)50(54)58-40-34-28-24-20-16-12-4/h43-46H,9-42H2,1-8H3. The van der Waals surface area contributed by atoms with Crippen LogP contribution in [-0.2, 0) is 47.2 Å². The van der Waals surface area contributed by atoms with Crippen molar-refractivity contribution in [1.29, 1.82) is 0 Å². The number of hydrogen-bond donors (Lipinski definition) is 0. The third-order valence-corrected chi connectivity index (χ3v) is 24.4.